The van der Waals surface area contributed by atoms with Gasteiger partial charge in [0.15, 0.2) is 0 Å². The number of benzene rings is 1. The van der Waals surface area contributed by atoms with Crippen LogP contribution in [-0.4, -0.2) is 18.4 Å². The summed E-state index contributed by atoms with van der Waals surface area (Å²) in [7, 11) is 0. The molecule has 0 bridgehead atoms. The molecule has 4 nitrogen and oxygen atoms in total. The van der Waals surface area contributed by atoms with Crippen molar-refractivity contribution in [3.63, 3.8) is 0 Å². The highest BCUT2D eigenvalue weighted by Crippen LogP contribution is 2.36. The van der Waals surface area contributed by atoms with Gasteiger partial charge >= 0.3 is 0 Å². The topological polar surface area (TPSA) is 58.2 Å². The Morgan fingerprint density at radius 1 is 1.36 bits per heavy atom. The van der Waals surface area contributed by atoms with Crippen molar-refractivity contribution in [2.75, 3.05) is 11.9 Å². The lowest BCUT2D eigenvalue weighted by molar-refractivity contribution is -0.129. The molecule has 25 heavy (non-hydrogen) atoms. The van der Waals surface area contributed by atoms with Crippen LogP contribution < -0.4 is 10.6 Å². The van der Waals surface area contributed by atoms with Gasteiger partial charge in [0.05, 0.1) is 5.92 Å². The average molecular weight is 355 g/mol. The zero-order valence-electron chi connectivity index (χ0n) is 13.7. The van der Waals surface area contributed by atoms with Crippen molar-refractivity contribution < 1.29 is 9.59 Å². The first-order valence-electron chi connectivity index (χ1n) is 8.24. The smallest absolute Gasteiger partial charge is 0.229 e. The monoisotopic (exact) mass is 354 g/mol. The summed E-state index contributed by atoms with van der Waals surface area (Å²) in [5, 5.41) is 6.47. The van der Waals surface area contributed by atoms with Crippen molar-refractivity contribution in [1.29, 1.82) is 0 Å². The van der Waals surface area contributed by atoms with E-state index in [2.05, 4.69) is 16.6 Å². The molecule has 1 aliphatic carbocycles. The van der Waals surface area contributed by atoms with Crippen LogP contribution in [-0.2, 0) is 9.59 Å². The van der Waals surface area contributed by atoms with Crippen molar-refractivity contribution in [3.8, 4) is 12.3 Å². The van der Waals surface area contributed by atoms with Gasteiger partial charge in [-0.25, -0.2) is 0 Å². The van der Waals surface area contributed by atoms with Crippen molar-refractivity contribution in [2.24, 2.45) is 17.8 Å². The summed E-state index contributed by atoms with van der Waals surface area (Å²) in [4.78, 5) is 24.7. The van der Waals surface area contributed by atoms with Crippen LogP contribution in [0.3, 0.4) is 0 Å². The van der Waals surface area contributed by atoms with E-state index in [0.717, 1.165) is 5.03 Å². The van der Waals surface area contributed by atoms with E-state index in [1.165, 1.54) is 0 Å². The van der Waals surface area contributed by atoms with Gasteiger partial charge in [-0.3, -0.25) is 9.59 Å². The largest absolute Gasteiger partial charge is 0.355 e. The Morgan fingerprint density at radius 2 is 2.20 bits per heavy atom. The van der Waals surface area contributed by atoms with Crippen LogP contribution in [0.2, 0.25) is 0 Å². The predicted octanol–water partition coefficient (Wildman–Crippen LogP) is 3.06. The molecular weight excluding hydrogens is 336 g/mol. The summed E-state index contributed by atoms with van der Waals surface area (Å²) < 4.78 is 0. The minimum absolute atomic E-state index is 0.0255. The fraction of sp³-hybridized carbons (Fsp3) is 0.300. The molecule has 1 aromatic carbocycles. The summed E-state index contributed by atoms with van der Waals surface area (Å²) in [5.74, 6) is 2.10. The predicted molar refractivity (Wildman–Crippen MR) is 98.8 cm³/mol. The molecule has 0 radical (unpaired) electrons. The van der Waals surface area contributed by atoms with E-state index < -0.39 is 0 Å². The first-order valence-corrected chi connectivity index (χ1v) is 8.61. The fourth-order valence-electron chi connectivity index (χ4n) is 3.42. The number of nitrogens with one attached hydrogen (secondary N) is 2. The molecule has 2 N–H and O–H groups in total. The highest BCUT2D eigenvalue weighted by Gasteiger charge is 2.38. The Bertz CT molecular complexity index is 791. The van der Waals surface area contributed by atoms with Crippen molar-refractivity contribution in [1.82, 2.24) is 5.32 Å². The quantitative estimate of drug-likeness (QED) is 0.820. The second-order valence-electron chi connectivity index (χ2n) is 6.36. The van der Waals surface area contributed by atoms with Crippen molar-refractivity contribution in [2.45, 2.75) is 12.8 Å². The Morgan fingerprint density at radius 3 is 2.96 bits per heavy atom. The number of rotatable bonds is 3. The van der Waals surface area contributed by atoms with Crippen LogP contribution in [0.5, 0.6) is 0 Å². The normalized spacial score (nSPS) is 25.5. The second kappa shape index (κ2) is 7.58. The Balaban J connectivity index is 1.76. The van der Waals surface area contributed by atoms with Gasteiger partial charge in [-0.1, -0.05) is 35.7 Å². The van der Waals surface area contributed by atoms with Gasteiger partial charge in [-0.05, 0) is 42.5 Å². The third kappa shape index (κ3) is 4.12. The third-order valence-corrected chi connectivity index (χ3v) is 4.99. The summed E-state index contributed by atoms with van der Waals surface area (Å²) >= 11 is 6.15. The van der Waals surface area contributed by atoms with Crippen LogP contribution in [0.15, 0.2) is 47.5 Å². The van der Waals surface area contributed by atoms with Crippen LogP contribution in [0, 0.1) is 30.1 Å². The number of amides is 2. The summed E-state index contributed by atoms with van der Waals surface area (Å²) in [6.45, 7) is 0.329. The first-order chi connectivity index (χ1) is 12.1. The minimum atomic E-state index is -0.315. The van der Waals surface area contributed by atoms with Crippen molar-refractivity contribution in [3.05, 3.63) is 53.1 Å². The molecule has 1 saturated heterocycles. The van der Waals surface area contributed by atoms with Crippen LogP contribution in [0.25, 0.3) is 0 Å². The molecule has 0 saturated carbocycles. The van der Waals surface area contributed by atoms with Crippen molar-refractivity contribution >= 4 is 29.1 Å². The molecule has 2 unspecified atom stereocenters. The Kier molecular flexibility index (Phi) is 5.25. The number of halogens is 1. The van der Waals surface area contributed by atoms with E-state index in [9.17, 15) is 9.59 Å². The number of carbonyl (C=O) groups excluding carboxylic acids is 2. The van der Waals surface area contributed by atoms with Crippen LogP contribution in [0.1, 0.15) is 18.4 Å². The lowest BCUT2D eigenvalue weighted by atomic mass is 9.74. The maximum atomic E-state index is 12.8. The van der Waals surface area contributed by atoms with E-state index in [1.54, 1.807) is 24.3 Å². The number of hydrogen-bond acceptors (Lipinski definition) is 2. The van der Waals surface area contributed by atoms with Crippen LogP contribution in [0.4, 0.5) is 5.69 Å². The molecular formula is C20H19ClN2O2. The zero-order chi connectivity index (χ0) is 17.8. The number of piperidine rings is 1. The average Bonchev–Trinajstić information content (AvgIpc) is 2.61. The maximum absolute atomic E-state index is 12.8. The number of terminal acetylenes is 1. The highest BCUT2D eigenvalue weighted by atomic mass is 35.5. The molecule has 0 aromatic heterocycles. The molecule has 1 aliphatic heterocycles. The van der Waals surface area contributed by atoms with Gasteiger partial charge in [0.25, 0.3) is 0 Å². The molecule has 1 fully saturated rings. The lowest BCUT2D eigenvalue weighted by Gasteiger charge is -2.35. The molecule has 0 spiro atoms. The molecule has 3 atom stereocenters. The fourth-order valence-corrected chi connectivity index (χ4v) is 3.67. The zero-order valence-corrected chi connectivity index (χ0v) is 14.4. The molecule has 1 heterocycles. The van der Waals surface area contributed by atoms with E-state index in [-0.39, 0.29) is 29.6 Å². The standard InChI is InChI=1S/C20H19ClN2O2/c1-2-13-5-3-8-16(9-13)23-20(25)18-12-22-19(24)11-17(18)14-6-4-7-15(21)10-14/h1,3-9,14,17-18H,10-12H2,(H,22,24)(H,23,25)/t14?,17-,18?/m0/s1. The van der Waals surface area contributed by atoms with E-state index >= 15 is 0 Å². The molecule has 1 aromatic rings. The van der Waals surface area contributed by atoms with Gasteiger partial charge in [0, 0.05) is 29.2 Å². The third-order valence-electron chi connectivity index (χ3n) is 4.71. The SMILES string of the molecule is C#Cc1cccc(NC(=O)C2CNC(=O)C[C@H]2C2C=CC=C(Cl)C2)c1. The van der Waals surface area contributed by atoms with E-state index in [1.807, 2.05) is 18.2 Å². The summed E-state index contributed by atoms with van der Waals surface area (Å²) in [5.41, 5.74) is 1.37. The number of hydrogen-bond donors (Lipinski definition) is 2. The van der Waals surface area contributed by atoms with Gasteiger partial charge in [0.1, 0.15) is 0 Å². The summed E-state index contributed by atoms with van der Waals surface area (Å²) in [6.07, 6.45) is 12.2. The van der Waals surface area contributed by atoms with Gasteiger partial charge < -0.3 is 10.6 Å². The second-order valence-corrected chi connectivity index (χ2v) is 6.84. The van der Waals surface area contributed by atoms with Gasteiger partial charge in [-0.2, -0.15) is 0 Å². The minimum Gasteiger partial charge on any atom is -0.355 e. The van der Waals surface area contributed by atoms with Gasteiger partial charge in [-0.15, -0.1) is 6.42 Å². The van der Waals surface area contributed by atoms with E-state index in [4.69, 9.17) is 18.0 Å². The summed E-state index contributed by atoms with van der Waals surface area (Å²) in [6, 6.07) is 7.17. The molecule has 5 heteroatoms. The molecule has 128 valence electrons. The molecule has 3 rings (SSSR count). The lowest BCUT2D eigenvalue weighted by Crippen LogP contribution is -2.48. The van der Waals surface area contributed by atoms with Gasteiger partial charge in [0.2, 0.25) is 11.8 Å². The Hall–Kier alpha value is -2.51. The highest BCUT2D eigenvalue weighted by molar-refractivity contribution is 6.29. The molecule has 2 amide bonds. The number of allylic oxidation sites excluding steroid dienone is 4. The first kappa shape index (κ1) is 17.3. The maximum Gasteiger partial charge on any atom is 0.229 e. The van der Waals surface area contributed by atoms with Crippen LogP contribution >= 0.6 is 11.6 Å². The van der Waals surface area contributed by atoms with E-state index in [0.29, 0.717) is 30.6 Å². The Labute approximate surface area is 152 Å². The molecule has 2 aliphatic rings. The number of carbonyl (C=O) groups is 2. The number of anilines is 1.